The molecule has 1 aromatic heterocycles. The number of nitrogens with one attached hydrogen (secondary N) is 1. The first-order valence-corrected chi connectivity index (χ1v) is 9.76. The molecule has 2 atom stereocenters. The standard InChI is InChI=1S/C19H23N3OS2/c1-12(15-10-20-16-5-3-2-4-14(15)16)17-11-21(18(23)13-6-7-13)8-9-22(17)19(24)25/h2-5,10,12-13,17,20H,6-9,11H2,1H3,(H,24,25). The molecule has 6 heteroatoms. The van der Waals surface area contributed by atoms with Crippen molar-refractivity contribution in [3.05, 3.63) is 36.0 Å². The van der Waals surface area contributed by atoms with Gasteiger partial charge in [0.15, 0.2) is 0 Å². The number of carbonyl (C=O) groups is 1. The van der Waals surface area contributed by atoms with E-state index in [4.69, 9.17) is 12.2 Å². The number of aromatic amines is 1. The van der Waals surface area contributed by atoms with Crippen LogP contribution in [0.2, 0.25) is 0 Å². The van der Waals surface area contributed by atoms with Gasteiger partial charge in [0.2, 0.25) is 5.91 Å². The van der Waals surface area contributed by atoms with Crippen LogP contribution in [-0.2, 0) is 4.79 Å². The number of amides is 1. The maximum atomic E-state index is 12.6. The van der Waals surface area contributed by atoms with Gasteiger partial charge in [0, 0.05) is 48.6 Å². The number of H-pyrrole nitrogens is 1. The largest absolute Gasteiger partial charge is 0.361 e. The van der Waals surface area contributed by atoms with Crippen LogP contribution in [-0.4, -0.2) is 50.7 Å². The molecule has 2 aromatic rings. The van der Waals surface area contributed by atoms with Crippen LogP contribution in [0.3, 0.4) is 0 Å². The number of thiol groups is 1. The molecule has 132 valence electrons. The number of nitrogens with zero attached hydrogens (tertiary/aromatic N) is 2. The van der Waals surface area contributed by atoms with Crippen molar-refractivity contribution in [2.75, 3.05) is 19.6 Å². The zero-order chi connectivity index (χ0) is 17.6. The Kier molecular flexibility index (Phi) is 4.50. The maximum absolute atomic E-state index is 12.6. The molecule has 0 spiro atoms. The lowest BCUT2D eigenvalue weighted by atomic mass is 9.90. The van der Waals surface area contributed by atoms with Crippen LogP contribution < -0.4 is 0 Å². The molecular weight excluding hydrogens is 350 g/mol. The van der Waals surface area contributed by atoms with Gasteiger partial charge >= 0.3 is 0 Å². The van der Waals surface area contributed by atoms with E-state index in [1.807, 2.05) is 11.0 Å². The van der Waals surface area contributed by atoms with E-state index in [0.717, 1.165) is 38.0 Å². The lowest BCUT2D eigenvalue weighted by Gasteiger charge is -2.44. The van der Waals surface area contributed by atoms with Gasteiger partial charge in [0.25, 0.3) is 0 Å². The minimum atomic E-state index is 0.153. The molecule has 1 amide bonds. The van der Waals surface area contributed by atoms with Gasteiger partial charge in [-0.15, -0.1) is 12.6 Å². The Bertz CT molecular complexity index is 814. The van der Waals surface area contributed by atoms with Crippen molar-refractivity contribution >= 4 is 46.0 Å². The van der Waals surface area contributed by atoms with Crippen LogP contribution in [0.25, 0.3) is 10.9 Å². The average molecular weight is 374 g/mol. The number of hydrogen-bond donors (Lipinski definition) is 2. The summed E-state index contributed by atoms with van der Waals surface area (Å²) in [5, 5.41) is 1.24. The van der Waals surface area contributed by atoms with Crippen molar-refractivity contribution in [3.8, 4) is 0 Å². The Balaban J connectivity index is 1.63. The normalized spacial score (nSPS) is 22.2. The van der Waals surface area contributed by atoms with Crippen LogP contribution in [0.4, 0.5) is 0 Å². The number of aromatic nitrogens is 1. The van der Waals surface area contributed by atoms with Gasteiger partial charge in [-0.2, -0.15) is 0 Å². The van der Waals surface area contributed by atoms with Crippen molar-refractivity contribution in [1.29, 1.82) is 0 Å². The minimum absolute atomic E-state index is 0.153. The zero-order valence-electron chi connectivity index (χ0n) is 14.3. The summed E-state index contributed by atoms with van der Waals surface area (Å²) in [5.74, 6) is 0.829. The van der Waals surface area contributed by atoms with Crippen molar-refractivity contribution in [1.82, 2.24) is 14.8 Å². The predicted molar refractivity (Wildman–Crippen MR) is 108 cm³/mol. The highest BCUT2D eigenvalue weighted by Gasteiger charge is 2.39. The molecule has 1 aromatic carbocycles. The van der Waals surface area contributed by atoms with E-state index in [-0.39, 0.29) is 17.9 Å². The van der Waals surface area contributed by atoms with Crippen LogP contribution >= 0.6 is 24.8 Å². The Hall–Kier alpha value is -1.53. The molecule has 25 heavy (non-hydrogen) atoms. The van der Waals surface area contributed by atoms with Gasteiger partial charge in [0.05, 0.1) is 6.04 Å². The van der Waals surface area contributed by atoms with Gasteiger partial charge in [-0.1, -0.05) is 37.3 Å². The molecule has 1 saturated carbocycles. The molecule has 2 aliphatic rings. The molecule has 1 saturated heterocycles. The predicted octanol–water partition coefficient (Wildman–Crippen LogP) is 3.41. The highest BCUT2D eigenvalue weighted by Crippen LogP contribution is 2.35. The molecule has 1 aliphatic heterocycles. The highest BCUT2D eigenvalue weighted by atomic mass is 32.1. The van der Waals surface area contributed by atoms with Gasteiger partial charge in [-0.25, -0.2) is 0 Å². The monoisotopic (exact) mass is 373 g/mol. The smallest absolute Gasteiger partial charge is 0.225 e. The fourth-order valence-electron chi connectivity index (χ4n) is 3.94. The summed E-state index contributed by atoms with van der Waals surface area (Å²) < 4.78 is 0.621. The van der Waals surface area contributed by atoms with E-state index >= 15 is 0 Å². The zero-order valence-corrected chi connectivity index (χ0v) is 16.0. The van der Waals surface area contributed by atoms with Crippen LogP contribution in [0, 0.1) is 5.92 Å². The lowest BCUT2D eigenvalue weighted by Crippen LogP contribution is -2.57. The lowest BCUT2D eigenvalue weighted by molar-refractivity contribution is -0.134. The first-order valence-electron chi connectivity index (χ1n) is 8.90. The van der Waals surface area contributed by atoms with Crippen molar-refractivity contribution < 1.29 is 4.79 Å². The Morgan fingerprint density at radius 1 is 1.32 bits per heavy atom. The van der Waals surface area contributed by atoms with E-state index in [0.29, 0.717) is 10.2 Å². The third kappa shape index (κ3) is 3.17. The summed E-state index contributed by atoms with van der Waals surface area (Å²) in [6, 6.07) is 8.50. The maximum Gasteiger partial charge on any atom is 0.225 e. The number of carbonyl (C=O) groups excluding carboxylic acids is 1. The van der Waals surface area contributed by atoms with Crippen molar-refractivity contribution in [3.63, 3.8) is 0 Å². The van der Waals surface area contributed by atoms with Crippen LogP contribution in [0.15, 0.2) is 30.5 Å². The molecule has 0 bridgehead atoms. The second kappa shape index (κ2) is 6.65. The molecule has 2 unspecified atom stereocenters. The van der Waals surface area contributed by atoms with Gasteiger partial charge in [-0.3, -0.25) is 4.79 Å². The Labute approximate surface area is 159 Å². The summed E-state index contributed by atoms with van der Waals surface area (Å²) in [7, 11) is 0. The van der Waals surface area contributed by atoms with E-state index in [2.05, 4.69) is 53.8 Å². The molecule has 0 radical (unpaired) electrons. The Morgan fingerprint density at radius 2 is 2.08 bits per heavy atom. The summed E-state index contributed by atoms with van der Waals surface area (Å²) in [5.41, 5.74) is 2.42. The number of hydrogen-bond acceptors (Lipinski definition) is 2. The molecule has 1 N–H and O–H groups in total. The highest BCUT2D eigenvalue weighted by molar-refractivity contribution is 8.10. The topological polar surface area (TPSA) is 39.3 Å². The number of piperazine rings is 1. The third-order valence-corrected chi connectivity index (χ3v) is 6.08. The van der Waals surface area contributed by atoms with E-state index in [9.17, 15) is 4.79 Å². The fourth-order valence-corrected chi connectivity index (χ4v) is 4.42. The number of rotatable bonds is 3. The quantitative estimate of drug-likeness (QED) is 0.640. The number of thiocarbonyl (C=S) groups is 1. The van der Waals surface area contributed by atoms with Crippen LogP contribution in [0.5, 0.6) is 0 Å². The molecule has 4 rings (SSSR count). The second-order valence-corrected chi connectivity index (χ2v) is 8.29. The van der Waals surface area contributed by atoms with Crippen LogP contribution in [0.1, 0.15) is 31.2 Å². The first-order chi connectivity index (χ1) is 12.1. The Morgan fingerprint density at radius 3 is 2.80 bits per heavy atom. The van der Waals surface area contributed by atoms with E-state index in [1.54, 1.807) is 0 Å². The van der Waals surface area contributed by atoms with E-state index < -0.39 is 0 Å². The molecule has 2 fully saturated rings. The summed E-state index contributed by atoms with van der Waals surface area (Å²) >= 11 is 9.83. The summed E-state index contributed by atoms with van der Waals surface area (Å²) in [6.07, 6.45) is 4.19. The first kappa shape index (κ1) is 16.9. The molecule has 2 heterocycles. The molecular formula is C19H23N3OS2. The minimum Gasteiger partial charge on any atom is -0.361 e. The molecule has 4 nitrogen and oxygen atoms in total. The van der Waals surface area contributed by atoms with Crippen molar-refractivity contribution in [2.45, 2.75) is 31.7 Å². The van der Waals surface area contributed by atoms with E-state index in [1.165, 1.54) is 10.9 Å². The second-order valence-electron chi connectivity index (χ2n) is 7.18. The summed E-state index contributed by atoms with van der Waals surface area (Å²) in [6.45, 7) is 4.45. The summed E-state index contributed by atoms with van der Waals surface area (Å²) in [4.78, 5) is 20.1. The fraction of sp³-hybridized carbons (Fsp3) is 0.474. The number of para-hydroxylation sites is 1. The average Bonchev–Trinajstić information content (AvgIpc) is 3.39. The SMILES string of the molecule is CC(c1c[nH]c2ccccc12)C1CN(C(=O)C2CC2)CCN1C(=S)S. The van der Waals surface area contributed by atoms with Gasteiger partial charge in [-0.05, 0) is 24.5 Å². The third-order valence-electron chi connectivity index (χ3n) is 5.59. The van der Waals surface area contributed by atoms with Gasteiger partial charge < -0.3 is 14.8 Å². The number of fused-ring (bicyclic) bond motifs is 1. The number of benzene rings is 1. The molecule has 1 aliphatic carbocycles. The van der Waals surface area contributed by atoms with Crippen molar-refractivity contribution in [2.24, 2.45) is 5.92 Å². The van der Waals surface area contributed by atoms with Gasteiger partial charge in [0.1, 0.15) is 4.32 Å².